The number of benzene rings is 1. The molecular formula is C19H27NOSi. The second-order valence-corrected chi connectivity index (χ2v) is 13.2. The molecule has 3 atom stereocenters. The molecule has 2 nitrogen and oxygen atoms in total. The van der Waals surface area contributed by atoms with Crippen molar-refractivity contribution in [1.29, 1.82) is 0 Å². The summed E-state index contributed by atoms with van der Waals surface area (Å²) < 4.78 is 0. The number of fused-ring (bicyclic) bond motifs is 1. The van der Waals surface area contributed by atoms with Crippen molar-refractivity contribution in [3.05, 3.63) is 53.2 Å². The van der Waals surface area contributed by atoms with Crippen molar-refractivity contribution in [2.75, 3.05) is 0 Å². The summed E-state index contributed by atoms with van der Waals surface area (Å²) in [5.41, 5.74) is 10.2. The maximum absolute atomic E-state index is 10.2. The number of nitrogens with two attached hydrogens (primary N) is 1. The Kier molecular flexibility index (Phi) is 3.71. The lowest BCUT2D eigenvalue weighted by Gasteiger charge is -2.43. The van der Waals surface area contributed by atoms with E-state index in [0.717, 1.165) is 18.4 Å². The minimum absolute atomic E-state index is 0.206. The van der Waals surface area contributed by atoms with Gasteiger partial charge in [0.15, 0.2) is 0 Å². The van der Waals surface area contributed by atoms with Crippen molar-refractivity contribution in [3.8, 4) is 0 Å². The second-order valence-electron chi connectivity index (χ2n) is 8.05. The van der Waals surface area contributed by atoms with Gasteiger partial charge in [0, 0.05) is 11.5 Å². The Morgan fingerprint density at radius 3 is 2.45 bits per heavy atom. The SMILES string of the molecule is C=C1C(c2ccccc2)=C([Si](C)(C)C)C[C@@]2(N)C[C@@H](O)C[C@H]12. The first-order valence-corrected chi connectivity index (χ1v) is 11.7. The summed E-state index contributed by atoms with van der Waals surface area (Å²) >= 11 is 0. The molecule has 118 valence electrons. The molecule has 0 spiro atoms. The highest BCUT2D eigenvalue weighted by molar-refractivity contribution is 6.84. The van der Waals surface area contributed by atoms with Crippen LogP contribution in [0.2, 0.25) is 19.6 Å². The zero-order valence-corrected chi connectivity index (χ0v) is 14.9. The molecule has 2 aliphatic rings. The smallest absolute Gasteiger partial charge is 0.0733 e. The molecule has 0 unspecified atom stereocenters. The van der Waals surface area contributed by atoms with Crippen molar-refractivity contribution in [2.24, 2.45) is 11.7 Å². The Hall–Kier alpha value is -1.16. The normalized spacial score (nSPS) is 32.3. The van der Waals surface area contributed by atoms with E-state index in [1.165, 1.54) is 16.3 Å². The second kappa shape index (κ2) is 5.19. The van der Waals surface area contributed by atoms with Crippen molar-refractivity contribution in [1.82, 2.24) is 0 Å². The van der Waals surface area contributed by atoms with Crippen molar-refractivity contribution in [2.45, 2.75) is 50.5 Å². The first-order valence-electron chi connectivity index (χ1n) is 8.17. The molecule has 0 radical (unpaired) electrons. The molecule has 1 fully saturated rings. The van der Waals surface area contributed by atoms with E-state index in [4.69, 9.17) is 5.73 Å². The Morgan fingerprint density at radius 1 is 1.23 bits per heavy atom. The summed E-state index contributed by atoms with van der Waals surface area (Å²) in [5, 5.41) is 11.7. The molecule has 22 heavy (non-hydrogen) atoms. The maximum Gasteiger partial charge on any atom is 0.0733 e. The number of allylic oxidation sites excluding steroid dienone is 1. The van der Waals surface area contributed by atoms with E-state index in [1.807, 2.05) is 0 Å². The van der Waals surface area contributed by atoms with Crippen LogP contribution in [0.4, 0.5) is 0 Å². The van der Waals surface area contributed by atoms with E-state index in [1.54, 1.807) is 0 Å². The number of aliphatic hydroxyl groups is 1. The van der Waals surface area contributed by atoms with Crippen LogP contribution in [0, 0.1) is 5.92 Å². The van der Waals surface area contributed by atoms with Crippen LogP contribution in [0.5, 0.6) is 0 Å². The first-order chi connectivity index (χ1) is 10.2. The lowest BCUT2D eigenvalue weighted by Crippen LogP contribution is -2.49. The average molecular weight is 314 g/mol. The van der Waals surface area contributed by atoms with Crippen molar-refractivity contribution in [3.63, 3.8) is 0 Å². The molecule has 1 saturated carbocycles. The van der Waals surface area contributed by atoms with Crippen molar-refractivity contribution < 1.29 is 5.11 Å². The molecule has 1 aromatic carbocycles. The first kappa shape index (κ1) is 15.7. The molecule has 0 bridgehead atoms. The zero-order valence-electron chi connectivity index (χ0n) is 13.9. The third-order valence-corrected chi connectivity index (χ3v) is 7.57. The van der Waals surface area contributed by atoms with Crippen LogP contribution >= 0.6 is 0 Å². The van der Waals surface area contributed by atoms with Crippen LogP contribution in [0.25, 0.3) is 5.57 Å². The molecule has 3 rings (SSSR count). The van der Waals surface area contributed by atoms with Gasteiger partial charge in [0.25, 0.3) is 0 Å². The standard InChI is InChI=1S/C19H27NOSi/c1-13-16-10-15(21)11-19(16,20)12-17(22(2,3)4)18(13)14-8-6-5-7-9-14/h5-9,15-16,21H,1,10-12,20H2,2-4H3/t15-,16+,19-/m0/s1. The molecule has 3 N–H and O–H groups in total. The van der Waals surface area contributed by atoms with Gasteiger partial charge < -0.3 is 10.8 Å². The predicted molar refractivity (Wildman–Crippen MR) is 96.1 cm³/mol. The Morgan fingerprint density at radius 2 is 1.86 bits per heavy atom. The molecule has 0 heterocycles. The number of hydrogen-bond donors (Lipinski definition) is 2. The largest absolute Gasteiger partial charge is 0.393 e. The summed E-state index contributed by atoms with van der Waals surface area (Å²) in [6.07, 6.45) is 2.08. The van der Waals surface area contributed by atoms with Crippen LogP contribution in [-0.2, 0) is 0 Å². The molecule has 0 amide bonds. The van der Waals surface area contributed by atoms with Gasteiger partial charge in [0.1, 0.15) is 0 Å². The van der Waals surface area contributed by atoms with E-state index >= 15 is 0 Å². The molecule has 0 saturated heterocycles. The van der Waals surface area contributed by atoms with Gasteiger partial charge in [-0.2, -0.15) is 0 Å². The fourth-order valence-electron chi connectivity index (χ4n) is 4.25. The van der Waals surface area contributed by atoms with Gasteiger partial charge >= 0.3 is 0 Å². The molecular weight excluding hydrogens is 286 g/mol. The Balaban J connectivity index is 2.17. The molecule has 0 aromatic heterocycles. The summed E-state index contributed by atoms with van der Waals surface area (Å²) in [6, 6.07) is 10.6. The Labute approximate surface area is 134 Å². The fourth-order valence-corrected chi connectivity index (χ4v) is 6.16. The van der Waals surface area contributed by atoms with E-state index < -0.39 is 8.07 Å². The predicted octanol–water partition coefficient (Wildman–Crippen LogP) is 3.75. The van der Waals surface area contributed by atoms with E-state index in [-0.39, 0.29) is 17.6 Å². The van der Waals surface area contributed by atoms with E-state index in [9.17, 15) is 5.11 Å². The topological polar surface area (TPSA) is 46.2 Å². The average Bonchev–Trinajstić information content (AvgIpc) is 2.74. The monoisotopic (exact) mass is 313 g/mol. The highest BCUT2D eigenvalue weighted by atomic mass is 28.3. The maximum atomic E-state index is 10.2. The number of aliphatic hydroxyl groups excluding tert-OH is 1. The van der Waals surface area contributed by atoms with Crippen LogP contribution in [0.15, 0.2) is 47.7 Å². The highest BCUT2D eigenvalue weighted by Crippen LogP contribution is 2.52. The van der Waals surface area contributed by atoms with Crippen molar-refractivity contribution >= 4 is 13.6 Å². The molecule has 2 aliphatic carbocycles. The van der Waals surface area contributed by atoms with E-state index in [0.29, 0.717) is 6.42 Å². The zero-order chi connectivity index (χ0) is 16.1. The van der Waals surface area contributed by atoms with Gasteiger partial charge in [-0.1, -0.05) is 61.7 Å². The minimum Gasteiger partial charge on any atom is -0.393 e. The van der Waals surface area contributed by atoms with Gasteiger partial charge in [-0.3, -0.25) is 0 Å². The number of hydrogen-bond acceptors (Lipinski definition) is 2. The summed E-state index contributed by atoms with van der Waals surface area (Å²) in [7, 11) is -1.52. The quantitative estimate of drug-likeness (QED) is 0.817. The Bertz CT molecular complexity index is 629. The van der Waals surface area contributed by atoms with Gasteiger partial charge in [-0.05, 0) is 36.0 Å². The molecule has 0 aliphatic heterocycles. The van der Waals surface area contributed by atoms with Crippen LogP contribution in [-0.4, -0.2) is 24.8 Å². The fraction of sp³-hybridized carbons (Fsp3) is 0.474. The molecule has 1 aromatic rings. The van der Waals surface area contributed by atoms with Gasteiger partial charge in [-0.25, -0.2) is 0 Å². The molecule has 3 heteroatoms. The highest BCUT2D eigenvalue weighted by Gasteiger charge is 2.50. The van der Waals surface area contributed by atoms with Gasteiger partial charge in [-0.15, -0.1) is 0 Å². The lowest BCUT2D eigenvalue weighted by molar-refractivity contribution is 0.173. The van der Waals surface area contributed by atoms with Gasteiger partial charge in [0.2, 0.25) is 0 Å². The van der Waals surface area contributed by atoms with E-state index in [2.05, 4.69) is 56.6 Å². The number of rotatable bonds is 2. The van der Waals surface area contributed by atoms with Crippen LogP contribution in [0.1, 0.15) is 24.8 Å². The minimum atomic E-state index is -1.52. The van der Waals surface area contributed by atoms with Crippen LogP contribution in [0.3, 0.4) is 0 Å². The third-order valence-electron chi connectivity index (χ3n) is 5.33. The summed E-state index contributed by atoms with van der Waals surface area (Å²) in [6.45, 7) is 11.6. The lowest BCUT2D eigenvalue weighted by atomic mass is 9.72. The van der Waals surface area contributed by atoms with Gasteiger partial charge in [0.05, 0.1) is 14.2 Å². The summed E-state index contributed by atoms with van der Waals surface area (Å²) in [5.74, 6) is 0.206. The van der Waals surface area contributed by atoms with Crippen LogP contribution < -0.4 is 5.73 Å². The third kappa shape index (κ3) is 2.51. The summed E-state index contributed by atoms with van der Waals surface area (Å²) in [4.78, 5) is 0.